The molecular weight excluding hydrogens is 246 g/mol. The Morgan fingerprint density at radius 3 is 2.37 bits per heavy atom. The second kappa shape index (κ2) is 7.41. The van der Waals surface area contributed by atoms with E-state index in [2.05, 4.69) is 0 Å². The highest BCUT2D eigenvalue weighted by Crippen LogP contribution is 2.13. The van der Waals surface area contributed by atoms with Gasteiger partial charge in [-0.25, -0.2) is 0 Å². The second-order valence-corrected chi connectivity index (χ2v) is 4.15. The van der Waals surface area contributed by atoms with E-state index >= 15 is 0 Å². The lowest BCUT2D eigenvalue weighted by Crippen LogP contribution is -2.35. The van der Waals surface area contributed by atoms with E-state index in [-0.39, 0.29) is 12.5 Å². The number of benzene rings is 1. The molecule has 0 fully saturated rings. The van der Waals surface area contributed by atoms with Crippen molar-refractivity contribution in [1.82, 2.24) is 4.90 Å². The number of nitrogens with zero attached hydrogens (tertiary/aromatic N) is 1. The number of hydrogen-bond donors (Lipinski definition) is 1. The molecule has 0 aliphatic heterocycles. The maximum atomic E-state index is 11.8. The molecule has 1 aromatic rings. The minimum absolute atomic E-state index is 0.138. The fraction of sp³-hybridized carbons (Fsp3) is 0.429. The molecule has 0 spiro atoms. The molecule has 0 bridgehead atoms. The van der Waals surface area contributed by atoms with Crippen LogP contribution in [0.2, 0.25) is 0 Å². The fourth-order valence-corrected chi connectivity index (χ4v) is 1.74. The van der Waals surface area contributed by atoms with E-state index in [0.29, 0.717) is 19.4 Å². The molecule has 0 aliphatic carbocycles. The van der Waals surface area contributed by atoms with Gasteiger partial charge < -0.3 is 14.7 Å². The molecule has 1 aromatic carbocycles. The quantitative estimate of drug-likeness (QED) is 0.812. The van der Waals surface area contributed by atoms with Crippen LogP contribution in [0.25, 0.3) is 0 Å². The SMILES string of the molecule is CCN(CC(=O)O)C(=O)CCc1ccc(OC)cc1. The summed E-state index contributed by atoms with van der Waals surface area (Å²) in [5, 5.41) is 8.70. The van der Waals surface area contributed by atoms with Crippen molar-refractivity contribution in [2.75, 3.05) is 20.2 Å². The van der Waals surface area contributed by atoms with E-state index in [4.69, 9.17) is 9.84 Å². The number of hydrogen-bond acceptors (Lipinski definition) is 3. The number of aryl methyl sites for hydroxylation is 1. The van der Waals surface area contributed by atoms with Crippen LogP contribution in [0.5, 0.6) is 5.75 Å². The van der Waals surface area contributed by atoms with Crippen molar-refractivity contribution >= 4 is 11.9 Å². The summed E-state index contributed by atoms with van der Waals surface area (Å²) >= 11 is 0. The summed E-state index contributed by atoms with van der Waals surface area (Å²) in [6.07, 6.45) is 0.909. The first-order valence-corrected chi connectivity index (χ1v) is 6.19. The molecule has 0 aromatic heterocycles. The highest BCUT2D eigenvalue weighted by Gasteiger charge is 2.14. The zero-order chi connectivity index (χ0) is 14.3. The third-order valence-electron chi connectivity index (χ3n) is 2.85. The van der Waals surface area contributed by atoms with Gasteiger partial charge >= 0.3 is 5.97 Å². The van der Waals surface area contributed by atoms with Gasteiger partial charge in [-0.1, -0.05) is 12.1 Å². The number of methoxy groups -OCH3 is 1. The van der Waals surface area contributed by atoms with E-state index in [1.165, 1.54) is 4.90 Å². The number of carbonyl (C=O) groups is 2. The Labute approximate surface area is 112 Å². The van der Waals surface area contributed by atoms with Crippen LogP contribution >= 0.6 is 0 Å². The van der Waals surface area contributed by atoms with Crippen molar-refractivity contribution in [3.8, 4) is 5.75 Å². The lowest BCUT2D eigenvalue weighted by atomic mass is 10.1. The lowest BCUT2D eigenvalue weighted by molar-refractivity contribution is -0.144. The minimum Gasteiger partial charge on any atom is -0.497 e. The Kier molecular flexibility index (Phi) is 5.85. The van der Waals surface area contributed by atoms with Crippen LogP contribution in [-0.2, 0) is 16.0 Å². The Hall–Kier alpha value is -2.04. The zero-order valence-corrected chi connectivity index (χ0v) is 11.3. The number of carbonyl (C=O) groups excluding carboxylic acids is 1. The van der Waals surface area contributed by atoms with Crippen LogP contribution in [0.4, 0.5) is 0 Å². The third-order valence-corrected chi connectivity index (χ3v) is 2.85. The average Bonchev–Trinajstić information content (AvgIpc) is 2.42. The van der Waals surface area contributed by atoms with E-state index in [1.54, 1.807) is 14.0 Å². The predicted molar refractivity (Wildman–Crippen MR) is 71.2 cm³/mol. The minimum atomic E-state index is -0.986. The Balaban J connectivity index is 2.49. The summed E-state index contributed by atoms with van der Waals surface area (Å²) in [5.74, 6) is -0.350. The molecular formula is C14H19NO4. The molecule has 19 heavy (non-hydrogen) atoms. The molecule has 0 heterocycles. The summed E-state index contributed by atoms with van der Waals surface area (Å²) in [7, 11) is 1.60. The molecule has 0 saturated carbocycles. The van der Waals surface area contributed by atoms with Crippen LogP contribution in [0, 0.1) is 0 Å². The van der Waals surface area contributed by atoms with E-state index in [0.717, 1.165) is 11.3 Å². The van der Waals surface area contributed by atoms with E-state index in [9.17, 15) is 9.59 Å². The maximum Gasteiger partial charge on any atom is 0.323 e. The van der Waals surface area contributed by atoms with Crippen molar-refractivity contribution < 1.29 is 19.4 Å². The molecule has 1 amide bonds. The largest absolute Gasteiger partial charge is 0.497 e. The van der Waals surface area contributed by atoms with Crippen LogP contribution in [0.15, 0.2) is 24.3 Å². The number of likely N-dealkylation sites (N-methyl/N-ethyl adjacent to an activating group) is 1. The normalized spacial score (nSPS) is 10.0. The van der Waals surface area contributed by atoms with Crippen LogP contribution < -0.4 is 4.74 Å². The second-order valence-electron chi connectivity index (χ2n) is 4.15. The number of carboxylic acids is 1. The van der Waals surface area contributed by atoms with Gasteiger partial charge in [0.15, 0.2) is 0 Å². The van der Waals surface area contributed by atoms with Crippen LogP contribution in [0.3, 0.4) is 0 Å². The molecule has 0 aliphatic rings. The third kappa shape index (κ3) is 4.99. The van der Waals surface area contributed by atoms with Crippen molar-refractivity contribution in [3.63, 3.8) is 0 Å². The van der Waals surface area contributed by atoms with Crippen LogP contribution in [-0.4, -0.2) is 42.1 Å². The van der Waals surface area contributed by atoms with Crippen LogP contribution in [0.1, 0.15) is 18.9 Å². The van der Waals surface area contributed by atoms with Gasteiger partial charge in [0.2, 0.25) is 5.91 Å². The molecule has 1 rings (SSSR count). The number of ether oxygens (including phenoxy) is 1. The van der Waals surface area contributed by atoms with Gasteiger partial charge in [-0.2, -0.15) is 0 Å². The molecule has 0 unspecified atom stereocenters. The van der Waals surface area contributed by atoms with Crippen molar-refractivity contribution in [1.29, 1.82) is 0 Å². The number of carboxylic acid groups (broad SMARTS) is 1. The van der Waals surface area contributed by atoms with Gasteiger partial charge in [0.25, 0.3) is 0 Å². The monoisotopic (exact) mass is 265 g/mol. The van der Waals surface area contributed by atoms with Crippen molar-refractivity contribution in [2.45, 2.75) is 19.8 Å². The summed E-state index contributed by atoms with van der Waals surface area (Å²) in [6.45, 7) is 1.94. The topological polar surface area (TPSA) is 66.8 Å². The molecule has 0 atom stereocenters. The zero-order valence-electron chi connectivity index (χ0n) is 11.3. The molecule has 1 N–H and O–H groups in total. The smallest absolute Gasteiger partial charge is 0.323 e. The standard InChI is InChI=1S/C14H19NO4/c1-3-15(10-14(17)18)13(16)9-6-11-4-7-12(19-2)8-5-11/h4-5,7-8H,3,6,9-10H2,1-2H3,(H,17,18). The molecule has 5 nitrogen and oxygen atoms in total. The first-order valence-electron chi connectivity index (χ1n) is 6.19. The molecule has 0 saturated heterocycles. The van der Waals surface area contributed by atoms with Gasteiger partial charge in [0.1, 0.15) is 12.3 Å². The Morgan fingerprint density at radius 1 is 1.26 bits per heavy atom. The summed E-state index contributed by atoms with van der Waals surface area (Å²) in [4.78, 5) is 23.8. The average molecular weight is 265 g/mol. The van der Waals surface area contributed by atoms with Crippen molar-refractivity contribution in [3.05, 3.63) is 29.8 Å². The Morgan fingerprint density at radius 2 is 1.89 bits per heavy atom. The summed E-state index contributed by atoms with van der Waals surface area (Å²) in [6, 6.07) is 7.49. The molecule has 104 valence electrons. The first-order chi connectivity index (χ1) is 9.06. The highest BCUT2D eigenvalue weighted by molar-refractivity contribution is 5.81. The van der Waals surface area contributed by atoms with Gasteiger partial charge in [-0.15, -0.1) is 0 Å². The summed E-state index contributed by atoms with van der Waals surface area (Å²) in [5.41, 5.74) is 1.03. The van der Waals surface area contributed by atoms with Gasteiger partial charge in [0, 0.05) is 13.0 Å². The fourth-order valence-electron chi connectivity index (χ4n) is 1.74. The summed E-state index contributed by atoms with van der Waals surface area (Å²) < 4.78 is 5.05. The highest BCUT2D eigenvalue weighted by atomic mass is 16.5. The number of aliphatic carboxylic acids is 1. The number of rotatable bonds is 7. The van der Waals surface area contributed by atoms with Gasteiger partial charge in [-0.3, -0.25) is 9.59 Å². The first kappa shape index (κ1) is 15.0. The molecule has 0 radical (unpaired) electrons. The lowest BCUT2D eigenvalue weighted by Gasteiger charge is -2.18. The Bertz CT molecular complexity index is 428. The van der Waals surface area contributed by atoms with Crippen molar-refractivity contribution in [2.24, 2.45) is 0 Å². The van der Waals surface area contributed by atoms with E-state index in [1.807, 2.05) is 24.3 Å². The number of amides is 1. The predicted octanol–water partition coefficient (Wildman–Crippen LogP) is 1.56. The molecule has 5 heteroatoms. The van der Waals surface area contributed by atoms with Gasteiger partial charge in [-0.05, 0) is 31.0 Å². The maximum absolute atomic E-state index is 11.8. The van der Waals surface area contributed by atoms with Gasteiger partial charge in [0.05, 0.1) is 7.11 Å². The van der Waals surface area contributed by atoms with E-state index < -0.39 is 5.97 Å².